The summed E-state index contributed by atoms with van der Waals surface area (Å²) in [7, 11) is -3.36. The Balaban J connectivity index is 1.77. The van der Waals surface area contributed by atoms with Gasteiger partial charge in [-0.1, -0.05) is 11.4 Å². The summed E-state index contributed by atoms with van der Waals surface area (Å²) in [6.07, 6.45) is 4.50. The van der Waals surface area contributed by atoms with Crippen molar-refractivity contribution in [3.05, 3.63) is 29.3 Å². The number of likely N-dealkylation sites (tertiary alicyclic amines) is 1. The minimum Gasteiger partial charge on any atom is -0.456 e. The Morgan fingerprint density at radius 1 is 1.44 bits per heavy atom. The number of sulfone groups is 1. The van der Waals surface area contributed by atoms with Gasteiger partial charge >= 0.3 is 0 Å². The number of hydrogen-bond donors (Lipinski definition) is 0. The molecule has 0 unspecified atom stereocenters. The quantitative estimate of drug-likeness (QED) is 0.787. The zero-order chi connectivity index (χ0) is 18.0. The minimum absolute atomic E-state index is 0.119. The van der Waals surface area contributed by atoms with E-state index in [0.717, 1.165) is 49.2 Å². The Labute approximate surface area is 151 Å². The maximum absolute atomic E-state index is 12.7. The molecule has 0 spiro atoms. The van der Waals surface area contributed by atoms with Gasteiger partial charge < -0.3 is 9.32 Å². The third-order valence-corrected chi connectivity index (χ3v) is 6.84. The van der Waals surface area contributed by atoms with Gasteiger partial charge in [0.05, 0.1) is 5.69 Å². The van der Waals surface area contributed by atoms with Gasteiger partial charge in [0, 0.05) is 43.2 Å². The smallest absolute Gasteiger partial charge is 0.289 e. The highest BCUT2D eigenvalue weighted by Crippen LogP contribution is 2.32. The van der Waals surface area contributed by atoms with E-state index < -0.39 is 9.84 Å². The molecule has 1 saturated heterocycles. The highest BCUT2D eigenvalue weighted by molar-refractivity contribution is 7.92. The second kappa shape index (κ2) is 7.25. The zero-order valence-corrected chi connectivity index (χ0v) is 15.9. The first-order valence-corrected chi connectivity index (χ1v) is 11.0. The minimum atomic E-state index is -3.36. The molecule has 3 rings (SSSR count). The molecule has 1 amide bonds. The van der Waals surface area contributed by atoms with Crippen molar-refractivity contribution >= 4 is 27.3 Å². The van der Waals surface area contributed by atoms with Crippen LogP contribution < -0.4 is 0 Å². The van der Waals surface area contributed by atoms with Gasteiger partial charge in [0.1, 0.15) is 5.76 Å². The molecule has 3 heterocycles. The van der Waals surface area contributed by atoms with Crippen LogP contribution in [0.2, 0.25) is 0 Å². The molecule has 136 valence electrons. The van der Waals surface area contributed by atoms with Crippen molar-refractivity contribution in [2.75, 3.05) is 19.3 Å². The van der Waals surface area contributed by atoms with E-state index >= 15 is 0 Å². The van der Waals surface area contributed by atoms with Crippen LogP contribution >= 0.6 is 11.5 Å². The van der Waals surface area contributed by atoms with E-state index in [1.807, 2.05) is 6.07 Å². The first kappa shape index (κ1) is 18.1. The fourth-order valence-electron chi connectivity index (χ4n) is 3.11. The van der Waals surface area contributed by atoms with Gasteiger partial charge in [-0.15, -0.1) is 5.10 Å². The standard InChI is InChI=1S/C16H21N3O4S2/c1-3-5-12-7-8-13(23-12)15(20)19-9-4-6-11(10-19)14-16(24-18-17-14)25(2,21)22/h7-8,11H,3-6,9-10H2,1-2H3/t11-/m1/s1. The van der Waals surface area contributed by atoms with Crippen LogP contribution in [0.15, 0.2) is 20.8 Å². The lowest BCUT2D eigenvalue weighted by Crippen LogP contribution is -2.39. The third-order valence-electron chi connectivity index (χ3n) is 4.28. The Morgan fingerprint density at radius 3 is 2.96 bits per heavy atom. The summed E-state index contributed by atoms with van der Waals surface area (Å²) >= 11 is 0.894. The second-order valence-electron chi connectivity index (χ2n) is 6.32. The van der Waals surface area contributed by atoms with Gasteiger partial charge in [-0.25, -0.2) is 8.42 Å². The lowest BCUT2D eigenvalue weighted by molar-refractivity contribution is 0.0671. The number of furan rings is 1. The molecule has 0 N–H and O–H groups in total. The van der Waals surface area contributed by atoms with E-state index in [4.69, 9.17) is 4.42 Å². The van der Waals surface area contributed by atoms with E-state index in [9.17, 15) is 13.2 Å². The van der Waals surface area contributed by atoms with Crippen molar-refractivity contribution in [3.63, 3.8) is 0 Å². The first-order chi connectivity index (χ1) is 11.9. The molecule has 0 aromatic carbocycles. The van der Waals surface area contributed by atoms with Crippen LogP contribution in [-0.4, -0.2) is 48.2 Å². The molecular weight excluding hydrogens is 362 g/mol. The number of aromatic nitrogens is 2. The van der Waals surface area contributed by atoms with Crippen molar-refractivity contribution in [1.29, 1.82) is 0 Å². The lowest BCUT2D eigenvalue weighted by atomic mass is 9.95. The summed E-state index contributed by atoms with van der Waals surface area (Å²) in [5.74, 6) is 0.869. The number of aryl methyl sites for hydroxylation is 1. The molecule has 1 aliphatic rings. The van der Waals surface area contributed by atoms with E-state index in [2.05, 4.69) is 16.5 Å². The number of carbonyl (C=O) groups is 1. The first-order valence-electron chi connectivity index (χ1n) is 8.30. The number of carbonyl (C=O) groups excluding carboxylic acids is 1. The predicted octanol–water partition coefficient (Wildman–Crippen LogP) is 2.51. The maximum atomic E-state index is 12.7. The molecule has 1 aliphatic heterocycles. The van der Waals surface area contributed by atoms with Crippen molar-refractivity contribution in [2.45, 2.75) is 42.7 Å². The number of amides is 1. The summed E-state index contributed by atoms with van der Waals surface area (Å²) in [6.45, 7) is 3.11. The fraction of sp³-hybridized carbons (Fsp3) is 0.562. The molecule has 0 saturated carbocycles. The van der Waals surface area contributed by atoms with Crippen molar-refractivity contribution < 1.29 is 17.6 Å². The normalized spacial score (nSPS) is 18.5. The molecule has 0 bridgehead atoms. The number of rotatable bonds is 5. The molecule has 25 heavy (non-hydrogen) atoms. The summed E-state index contributed by atoms with van der Waals surface area (Å²) in [5.41, 5.74) is 0.483. The van der Waals surface area contributed by atoms with Crippen LogP contribution in [0, 0.1) is 0 Å². The van der Waals surface area contributed by atoms with Crippen LogP contribution in [0.3, 0.4) is 0 Å². The highest BCUT2D eigenvalue weighted by atomic mass is 32.2. The Kier molecular flexibility index (Phi) is 5.24. The molecule has 9 heteroatoms. The van der Waals surface area contributed by atoms with Gasteiger partial charge in [0.25, 0.3) is 5.91 Å². The second-order valence-corrected chi connectivity index (χ2v) is 9.29. The molecule has 0 radical (unpaired) electrons. The van der Waals surface area contributed by atoms with Gasteiger partial charge in [-0.3, -0.25) is 4.79 Å². The molecule has 2 aromatic rings. The Hall–Kier alpha value is -1.74. The van der Waals surface area contributed by atoms with Crippen LogP contribution in [0.5, 0.6) is 0 Å². The molecule has 7 nitrogen and oxygen atoms in total. The largest absolute Gasteiger partial charge is 0.456 e. The van der Waals surface area contributed by atoms with E-state index in [0.29, 0.717) is 24.5 Å². The summed E-state index contributed by atoms with van der Waals surface area (Å²) in [4.78, 5) is 14.4. The number of nitrogens with zero attached hydrogens (tertiary/aromatic N) is 3. The maximum Gasteiger partial charge on any atom is 0.289 e. The molecule has 0 aliphatic carbocycles. The van der Waals surface area contributed by atoms with Crippen LogP contribution in [0.1, 0.15) is 54.1 Å². The highest BCUT2D eigenvalue weighted by Gasteiger charge is 2.32. The fourth-order valence-corrected chi connectivity index (χ4v) is 4.84. The third kappa shape index (κ3) is 3.92. The summed E-state index contributed by atoms with van der Waals surface area (Å²) in [6, 6.07) is 3.55. The van der Waals surface area contributed by atoms with Crippen LogP contribution in [0.4, 0.5) is 0 Å². The Bertz CT molecular complexity index is 856. The van der Waals surface area contributed by atoms with Gasteiger partial charge in [0.15, 0.2) is 19.8 Å². The average Bonchev–Trinajstić information content (AvgIpc) is 3.23. The van der Waals surface area contributed by atoms with Gasteiger partial charge in [-0.2, -0.15) is 0 Å². The zero-order valence-electron chi connectivity index (χ0n) is 14.3. The van der Waals surface area contributed by atoms with Crippen molar-refractivity contribution in [2.24, 2.45) is 0 Å². The SMILES string of the molecule is CCCc1ccc(C(=O)N2CCC[C@@H](c3nnsc3S(C)(=O)=O)C2)o1. The van der Waals surface area contributed by atoms with Gasteiger partial charge in [-0.05, 0) is 31.4 Å². The van der Waals surface area contributed by atoms with Gasteiger partial charge in [0.2, 0.25) is 0 Å². The molecule has 2 aromatic heterocycles. The topological polar surface area (TPSA) is 93.4 Å². The van der Waals surface area contributed by atoms with E-state index in [-0.39, 0.29) is 16.0 Å². The van der Waals surface area contributed by atoms with Crippen LogP contribution in [-0.2, 0) is 16.3 Å². The molecule has 1 atom stereocenters. The predicted molar refractivity (Wildman–Crippen MR) is 93.6 cm³/mol. The van der Waals surface area contributed by atoms with E-state index in [1.165, 1.54) is 0 Å². The monoisotopic (exact) mass is 383 g/mol. The average molecular weight is 383 g/mol. The van der Waals surface area contributed by atoms with Crippen LogP contribution in [0.25, 0.3) is 0 Å². The van der Waals surface area contributed by atoms with Crippen molar-refractivity contribution in [3.8, 4) is 0 Å². The molecular formula is C16H21N3O4S2. The summed E-state index contributed by atoms with van der Waals surface area (Å²) in [5, 5.41) is 4.03. The lowest BCUT2D eigenvalue weighted by Gasteiger charge is -2.31. The number of hydrogen-bond acceptors (Lipinski definition) is 7. The number of piperidine rings is 1. The molecule has 1 fully saturated rings. The Morgan fingerprint density at radius 2 is 2.24 bits per heavy atom. The van der Waals surface area contributed by atoms with E-state index in [1.54, 1.807) is 11.0 Å². The van der Waals surface area contributed by atoms with Crippen molar-refractivity contribution in [1.82, 2.24) is 14.5 Å². The summed E-state index contributed by atoms with van der Waals surface area (Å²) < 4.78 is 33.4.